The fraction of sp³-hybridized carbons (Fsp3) is 0.217. The zero-order valence-corrected chi connectivity index (χ0v) is 15.8. The predicted molar refractivity (Wildman–Crippen MR) is 112 cm³/mol. The monoisotopic (exact) mass is 373 g/mol. The molecule has 1 atom stereocenters. The minimum absolute atomic E-state index is 0.0646. The molecule has 5 heteroatoms. The minimum atomic E-state index is -0.427. The van der Waals surface area contributed by atoms with E-state index >= 15 is 0 Å². The van der Waals surface area contributed by atoms with Crippen LogP contribution in [0.2, 0.25) is 0 Å². The number of allylic oxidation sites excluding steroid dienone is 2. The highest BCUT2D eigenvalue weighted by Gasteiger charge is 2.27. The summed E-state index contributed by atoms with van der Waals surface area (Å²) in [6.07, 6.45) is 8.30. The molecule has 0 saturated carbocycles. The SMILES string of the molecule is CN1C(/C=C/c2ccc(NC(=O)[C@@H]3CCC(=O)N3)cc2)=CCc2ccccc21. The number of anilines is 2. The van der Waals surface area contributed by atoms with Crippen LogP contribution in [-0.4, -0.2) is 24.9 Å². The van der Waals surface area contributed by atoms with Gasteiger partial charge in [-0.25, -0.2) is 0 Å². The summed E-state index contributed by atoms with van der Waals surface area (Å²) in [5.41, 5.74) is 5.52. The first-order valence-corrected chi connectivity index (χ1v) is 9.50. The first-order chi connectivity index (χ1) is 13.6. The Morgan fingerprint density at radius 2 is 1.93 bits per heavy atom. The summed E-state index contributed by atoms with van der Waals surface area (Å²) in [6, 6.07) is 15.7. The van der Waals surface area contributed by atoms with Crippen molar-refractivity contribution in [3.8, 4) is 0 Å². The van der Waals surface area contributed by atoms with Crippen molar-refractivity contribution in [3.63, 3.8) is 0 Å². The predicted octanol–water partition coefficient (Wildman–Crippen LogP) is 3.49. The maximum absolute atomic E-state index is 12.2. The molecule has 142 valence electrons. The Morgan fingerprint density at radius 3 is 2.68 bits per heavy atom. The van der Waals surface area contributed by atoms with Crippen molar-refractivity contribution in [2.45, 2.75) is 25.3 Å². The Bertz CT molecular complexity index is 960. The lowest BCUT2D eigenvalue weighted by Gasteiger charge is -2.27. The van der Waals surface area contributed by atoms with Crippen molar-refractivity contribution < 1.29 is 9.59 Å². The molecule has 4 rings (SSSR count). The molecule has 5 nitrogen and oxygen atoms in total. The average molecular weight is 373 g/mol. The Hall–Kier alpha value is -3.34. The highest BCUT2D eigenvalue weighted by atomic mass is 16.2. The van der Waals surface area contributed by atoms with Crippen LogP contribution in [0.4, 0.5) is 11.4 Å². The van der Waals surface area contributed by atoms with Gasteiger partial charge in [-0.1, -0.05) is 42.5 Å². The molecule has 0 unspecified atom stereocenters. The molecule has 0 bridgehead atoms. The quantitative estimate of drug-likeness (QED) is 0.862. The van der Waals surface area contributed by atoms with Crippen LogP contribution in [0.1, 0.15) is 24.0 Å². The Balaban J connectivity index is 1.39. The van der Waals surface area contributed by atoms with Crippen molar-refractivity contribution in [1.29, 1.82) is 0 Å². The van der Waals surface area contributed by atoms with Crippen LogP contribution in [-0.2, 0) is 16.0 Å². The first kappa shape index (κ1) is 18.0. The van der Waals surface area contributed by atoms with Crippen LogP contribution >= 0.6 is 0 Å². The Kier molecular flexibility index (Phi) is 4.98. The lowest BCUT2D eigenvalue weighted by atomic mass is 10.0. The van der Waals surface area contributed by atoms with E-state index in [-0.39, 0.29) is 11.8 Å². The largest absolute Gasteiger partial charge is 0.345 e. The normalized spacial score (nSPS) is 18.6. The number of fused-ring (bicyclic) bond motifs is 1. The molecular weight excluding hydrogens is 350 g/mol. The second-order valence-corrected chi connectivity index (χ2v) is 7.12. The molecule has 1 fully saturated rings. The fourth-order valence-corrected chi connectivity index (χ4v) is 3.58. The van der Waals surface area contributed by atoms with Crippen LogP contribution in [0.25, 0.3) is 6.08 Å². The molecule has 28 heavy (non-hydrogen) atoms. The van der Waals surface area contributed by atoms with Gasteiger partial charge in [-0.3, -0.25) is 9.59 Å². The smallest absolute Gasteiger partial charge is 0.246 e. The van der Waals surface area contributed by atoms with E-state index in [1.54, 1.807) is 0 Å². The highest BCUT2D eigenvalue weighted by Crippen LogP contribution is 2.28. The van der Waals surface area contributed by atoms with Crippen LogP contribution < -0.4 is 15.5 Å². The van der Waals surface area contributed by atoms with E-state index in [1.807, 2.05) is 24.3 Å². The number of para-hydroxylation sites is 1. The number of carbonyl (C=O) groups excluding carboxylic acids is 2. The highest BCUT2D eigenvalue weighted by molar-refractivity contribution is 5.99. The van der Waals surface area contributed by atoms with Gasteiger partial charge in [-0.2, -0.15) is 0 Å². The van der Waals surface area contributed by atoms with E-state index in [2.05, 4.69) is 65.1 Å². The summed E-state index contributed by atoms with van der Waals surface area (Å²) in [5, 5.41) is 5.54. The summed E-state index contributed by atoms with van der Waals surface area (Å²) in [7, 11) is 2.08. The number of benzene rings is 2. The summed E-state index contributed by atoms with van der Waals surface area (Å²) < 4.78 is 0. The number of hydrogen-bond donors (Lipinski definition) is 2. The van der Waals surface area contributed by atoms with E-state index in [1.165, 1.54) is 11.3 Å². The third kappa shape index (κ3) is 3.83. The zero-order valence-electron chi connectivity index (χ0n) is 15.8. The maximum atomic E-state index is 12.2. The van der Waals surface area contributed by atoms with Gasteiger partial charge in [-0.15, -0.1) is 0 Å². The number of nitrogens with zero attached hydrogens (tertiary/aromatic N) is 1. The van der Waals surface area contributed by atoms with Crippen LogP contribution in [0, 0.1) is 0 Å². The molecule has 2 amide bonds. The Labute approximate surface area is 164 Å². The third-order valence-corrected chi connectivity index (χ3v) is 5.21. The summed E-state index contributed by atoms with van der Waals surface area (Å²) in [6.45, 7) is 0. The fourth-order valence-electron chi connectivity index (χ4n) is 3.58. The minimum Gasteiger partial charge on any atom is -0.345 e. The maximum Gasteiger partial charge on any atom is 0.246 e. The molecule has 2 heterocycles. The zero-order chi connectivity index (χ0) is 19.5. The number of carbonyl (C=O) groups is 2. The molecule has 0 aromatic heterocycles. The molecule has 2 aromatic rings. The van der Waals surface area contributed by atoms with Gasteiger partial charge < -0.3 is 15.5 Å². The van der Waals surface area contributed by atoms with E-state index in [0.29, 0.717) is 12.8 Å². The number of rotatable bonds is 4. The van der Waals surface area contributed by atoms with E-state index < -0.39 is 6.04 Å². The number of nitrogens with one attached hydrogen (secondary N) is 2. The molecule has 2 N–H and O–H groups in total. The summed E-state index contributed by atoms with van der Waals surface area (Å²) in [4.78, 5) is 25.6. The van der Waals surface area contributed by atoms with Gasteiger partial charge in [0.2, 0.25) is 11.8 Å². The lowest BCUT2D eigenvalue weighted by molar-refractivity contribution is -0.122. The summed E-state index contributed by atoms with van der Waals surface area (Å²) in [5.74, 6) is -0.230. The molecule has 0 spiro atoms. The average Bonchev–Trinajstić information content (AvgIpc) is 3.15. The van der Waals surface area contributed by atoms with Gasteiger partial charge in [0, 0.05) is 30.5 Å². The van der Waals surface area contributed by atoms with Crippen molar-refractivity contribution in [1.82, 2.24) is 5.32 Å². The van der Waals surface area contributed by atoms with Crippen LogP contribution in [0.5, 0.6) is 0 Å². The van der Waals surface area contributed by atoms with E-state index in [4.69, 9.17) is 0 Å². The van der Waals surface area contributed by atoms with Crippen molar-refractivity contribution in [2.24, 2.45) is 0 Å². The second-order valence-electron chi connectivity index (χ2n) is 7.12. The topological polar surface area (TPSA) is 61.4 Å². The second kappa shape index (κ2) is 7.72. The van der Waals surface area contributed by atoms with Crippen LogP contribution in [0.3, 0.4) is 0 Å². The van der Waals surface area contributed by atoms with Crippen molar-refractivity contribution in [2.75, 3.05) is 17.3 Å². The first-order valence-electron chi connectivity index (χ1n) is 9.50. The number of amides is 2. The molecule has 0 radical (unpaired) electrons. The molecule has 2 aromatic carbocycles. The molecule has 0 aliphatic carbocycles. The van der Waals surface area contributed by atoms with Crippen molar-refractivity contribution in [3.05, 3.63) is 77.5 Å². The van der Waals surface area contributed by atoms with Gasteiger partial charge in [-0.05, 0) is 48.2 Å². The van der Waals surface area contributed by atoms with Gasteiger partial charge in [0.05, 0.1) is 0 Å². The van der Waals surface area contributed by atoms with E-state index in [0.717, 1.165) is 23.4 Å². The third-order valence-electron chi connectivity index (χ3n) is 5.21. The molecule has 1 saturated heterocycles. The number of hydrogen-bond acceptors (Lipinski definition) is 3. The number of likely N-dealkylation sites (N-methyl/N-ethyl adjacent to an activating group) is 1. The van der Waals surface area contributed by atoms with E-state index in [9.17, 15) is 9.59 Å². The van der Waals surface area contributed by atoms with Gasteiger partial charge in [0.1, 0.15) is 6.04 Å². The lowest BCUT2D eigenvalue weighted by Crippen LogP contribution is -2.37. The molecule has 2 aliphatic rings. The van der Waals surface area contributed by atoms with Crippen molar-refractivity contribution >= 4 is 29.3 Å². The molecular formula is C23H23N3O2. The van der Waals surface area contributed by atoms with Crippen LogP contribution in [0.15, 0.2) is 66.4 Å². The standard InChI is InChI=1S/C23H23N3O2/c1-26-19(13-9-17-4-2-3-5-21(17)26)12-8-16-6-10-18(11-7-16)24-23(28)20-14-15-22(27)25-20/h2-8,10-13,20H,9,14-15H2,1H3,(H,24,28)(H,25,27)/b12-8+/t20-/m0/s1. The summed E-state index contributed by atoms with van der Waals surface area (Å²) >= 11 is 0. The molecule has 2 aliphatic heterocycles. The Morgan fingerprint density at radius 1 is 1.14 bits per heavy atom. The van der Waals surface area contributed by atoms with Gasteiger partial charge in [0.15, 0.2) is 0 Å². The van der Waals surface area contributed by atoms with Gasteiger partial charge in [0.25, 0.3) is 0 Å². The van der Waals surface area contributed by atoms with Gasteiger partial charge >= 0.3 is 0 Å².